The minimum absolute atomic E-state index is 0.150. The van der Waals surface area contributed by atoms with Crippen molar-refractivity contribution in [3.05, 3.63) is 54.3 Å². The molecule has 1 aliphatic heterocycles. The van der Waals surface area contributed by atoms with Crippen molar-refractivity contribution in [3.8, 4) is 17.6 Å². The number of hydrogen-bond acceptors (Lipinski definition) is 7. The number of aliphatic imine (C=N–C) groups is 1. The average molecular weight is 295 g/mol. The van der Waals surface area contributed by atoms with E-state index in [-0.39, 0.29) is 11.4 Å². The summed E-state index contributed by atoms with van der Waals surface area (Å²) in [5, 5.41) is 12.1. The number of nitrogens with two attached hydrogens (primary N) is 2. The summed E-state index contributed by atoms with van der Waals surface area (Å²) in [6, 6.07) is 5.32. The predicted octanol–water partition coefficient (Wildman–Crippen LogP) is 0.617. The molecule has 0 aliphatic carbocycles. The molecule has 2 aromatic heterocycles. The van der Waals surface area contributed by atoms with Gasteiger partial charge in [0.15, 0.2) is 11.4 Å². The summed E-state index contributed by atoms with van der Waals surface area (Å²) in [7, 11) is 0. The van der Waals surface area contributed by atoms with E-state index in [0.717, 1.165) is 0 Å². The van der Waals surface area contributed by atoms with Crippen LogP contribution in [0.4, 0.5) is 0 Å². The first kappa shape index (κ1) is 13.7. The molecule has 6 N–H and O–H groups in total. The predicted molar refractivity (Wildman–Crippen MR) is 79.6 cm³/mol. The highest BCUT2D eigenvalue weighted by atomic mass is 16.5. The molecule has 110 valence electrons. The second-order valence-corrected chi connectivity index (χ2v) is 4.61. The molecular formula is C14H13N7O. The van der Waals surface area contributed by atoms with Gasteiger partial charge in [-0.25, -0.2) is 9.98 Å². The number of pyridine rings is 1. The van der Waals surface area contributed by atoms with Gasteiger partial charge in [-0.15, -0.1) is 0 Å². The third kappa shape index (κ3) is 2.48. The van der Waals surface area contributed by atoms with Crippen LogP contribution in [0.15, 0.2) is 48.0 Å². The zero-order valence-corrected chi connectivity index (χ0v) is 11.4. The Morgan fingerprint density at radius 2 is 2.27 bits per heavy atom. The summed E-state index contributed by atoms with van der Waals surface area (Å²) in [5.74, 6) is -0.120. The molecule has 22 heavy (non-hydrogen) atoms. The molecule has 8 heteroatoms. The highest BCUT2D eigenvalue weighted by Crippen LogP contribution is 2.28. The lowest BCUT2D eigenvalue weighted by atomic mass is 10.1. The molecule has 1 unspecified atom stereocenters. The summed E-state index contributed by atoms with van der Waals surface area (Å²) in [6.45, 7) is 0. The third-order valence-electron chi connectivity index (χ3n) is 3.06. The fourth-order valence-corrected chi connectivity index (χ4v) is 1.99. The topological polar surface area (TPSA) is 138 Å². The maximum Gasteiger partial charge on any atom is 0.212 e. The average Bonchev–Trinajstić information content (AvgIpc) is 3.00. The Labute approximate surface area is 126 Å². The van der Waals surface area contributed by atoms with Crippen LogP contribution in [0.3, 0.4) is 0 Å². The van der Waals surface area contributed by atoms with Crippen LogP contribution >= 0.6 is 0 Å². The van der Waals surface area contributed by atoms with Gasteiger partial charge in [0.1, 0.15) is 17.7 Å². The molecule has 1 atom stereocenters. The van der Waals surface area contributed by atoms with Gasteiger partial charge in [-0.2, -0.15) is 5.26 Å². The smallest absolute Gasteiger partial charge is 0.212 e. The SMILES string of the molecule is N#Cc1ncc(C2(N)N=C(N)C=CN2)cc1Oc1cc[nH]c1. The van der Waals surface area contributed by atoms with Gasteiger partial charge in [0.05, 0.1) is 0 Å². The number of nitriles is 1. The number of aromatic amines is 1. The largest absolute Gasteiger partial charge is 0.453 e. The first-order chi connectivity index (χ1) is 10.6. The van der Waals surface area contributed by atoms with Crippen molar-refractivity contribution in [1.29, 1.82) is 5.26 Å². The zero-order chi connectivity index (χ0) is 15.6. The number of hydrogen-bond donors (Lipinski definition) is 4. The molecule has 3 rings (SSSR count). The maximum atomic E-state index is 9.15. The molecule has 0 bridgehead atoms. The van der Waals surface area contributed by atoms with E-state index in [4.69, 9.17) is 21.5 Å². The summed E-state index contributed by atoms with van der Waals surface area (Å²) < 4.78 is 5.65. The lowest BCUT2D eigenvalue weighted by molar-refractivity contribution is 0.403. The van der Waals surface area contributed by atoms with Crippen molar-refractivity contribution in [3.63, 3.8) is 0 Å². The van der Waals surface area contributed by atoms with Crippen LogP contribution < -0.4 is 21.5 Å². The van der Waals surface area contributed by atoms with Crippen LogP contribution in [0, 0.1) is 11.3 Å². The Hall–Kier alpha value is -3.31. The first-order valence-corrected chi connectivity index (χ1v) is 6.40. The quantitative estimate of drug-likeness (QED) is 0.654. The lowest BCUT2D eigenvalue weighted by Gasteiger charge is -2.28. The van der Waals surface area contributed by atoms with E-state index in [2.05, 4.69) is 20.3 Å². The number of nitrogens with zero attached hydrogens (tertiary/aromatic N) is 3. The minimum Gasteiger partial charge on any atom is -0.453 e. The van der Waals surface area contributed by atoms with Gasteiger partial charge in [0.2, 0.25) is 5.79 Å². The molecule has 1 aliphatic rings. The monoisotopic (exact) mass is 295 g/mol. The molecular weight excluding hydrogens is 282 g/mol. The van der Waals surface area contributed by atoms with Gasteiger partial charge in [-0.1, -0.05) is 0 Å². The van der Waals surface area contributed by atoms with E-state index in [9.17, 15) is 0 Å². The van der Waals surface area contributed by atoms with E-state index in [1.54, 1.807) is 36.8 Å². The Bertz CT molecular complexity index is 788. The van der Waals surface area contributed by atoms with Crippen molar-refractivity contribution in [1.82, 2.24) is 15.3 Å². The number of aromatic nitrogens is 2. The molecule has 0 aromatic carbocycles. The van der Waals surface area contributed by atoms with Crippen LogP contribution in [-0.2, 0) is 5.79 Å². The van der Waals surface area contributed by atoms with E-state index in [1.165, 1.54) is 6.20 Å². The standard InChI is InChI=1S/C14H13N7O/c15-6-11-12(22-10-1-3-18-8-10)5-9(7-19-11)14(17)20-4-2-13(16)21-14/h1-5,7-8,18,20H,17H2,(H2,16,21). The zero-order valence-electron chi connectivity index (χ0n) is 11.4. The summed E-state index contributed by atoms with van der Waals surface area (Å²) >= 11 is 0. The van der Waals surface area contributed by atoms with Gasteiger partial charge in [0.25, 0.3) is 0 Å². The van der Waals surface area contributed by atoms with Gasteiger partial charge in [0, 0.05) is 30.4 Å². The molecule has 2 aromatic rings. The molecule has 0 fully saturated rings. The summed E-state index contributed by atoms with van der Waals surface area (Å²) in [4.78, 5) is 11.1. The van der Waals surface area contributed by atoms with Crippen molar-refractivity contribution in [2.45, 2.75) is 5.79 Å². The summed E-state index contributed by atoms with van der Waals surface area (Å²) in [5.41, 5.74) is 12.5. The normalized spacial score (nSPS) is 19.9. The van der Waals surface area contributed by atoms with E-state index >= 15 is 0 Å². The van der Waals surface area contributed by atoms with Crippen molar-refractivity contribution >= 4 is 5.84 Å². The second kappa shape index (κ2) is 5.23. The van der Waals surface area contributed by atoms with Crippen LogP contribution in [-0.4, -0.2) is 15.8 Å². The summed E-state index contributed by atoms with van der Waals surface area (Å²) in [6.07, 6.45) is 8.03. The molecule has 0 amide bonds. The highest BCUT2D eigenvalue weighted by Gasteiger charge is 2.29. The minimum atomic E-state index is -1.25. The van der Waals surface area contributed by atoms with Gasteiger partial charge in [-0.05, 0) is 18.2 Å². The molecule has 3 heterocycles. The van der Waals surface area contributed by atoms with Crippen LogP contribution in [0.25, 0.3) is 0 Å². The van der Waals surface area contributed by atoms with Crippen LogP contribution in [0.1, 0.15) is 11.3 Å². The van der Waals surface area contributed by atoms with Gasteiger partial charge in [-0.3, -0.25) is 5.73 Å². The Kier molecular flexibility index (Phi) is 3.25. The highest BCUT2D eigenvalue weighted by molar-refractivity contribution is 5.92. The Morgan fingerprint density at radius 1 is 1.41 bits per heavy atom. The number of H-pyrrole nitrogens is 1. The number of ether oxygens (including phenoxy) is 1. The van der Waals surface area contributed by atoms with E-state index in [1.807, 2.05) is 6.07 Å². The van der Waals surface area contributed by atoms with Crippen molar-refractivity contribution in [2.75, 3.05) is 0 Å². The number of rotatable bonds is 3. The molecule has 0 spiro atoms. The lowest BCUT2D eigenvalue weighted by Crippen LogP contribution is -2.49. The molecule has 0 radical (unpaired) electrons. The molecule has 8 nitrogen and oxygen atoms in total. The number of amidine groups is 1. The van der Waals surface area contributed by atoms with E-state index < -0.39 is 5.79 Å². The Balaban J connectivity index is 2.00. The maximum absolute atomic E-state index is 9.15. The van der Waals surface area contributed by atoms with E-state index in [0.29, 0.717) is 17.1 Å². The molecule has 0 saturated carbocycles. The van der Waals surface area contributed by atoms with Crippen molar-refractivity contribution in [2.24, 2.45) is 16.5 Å². The molecule has 0 saturated heterocycles. The van der Waals surface area contributed by atoms with Crippen LogP contribution in [0.5, 0.6) is 11.5 Å². The van der Waals surface area contributed by atoms with Crippen molar-refractivity contribution < 1.29 is 4.74 Å². The van der Waals surface area contributed by atoms with Gasteiger partial charge < -0.3 is 20.8 Å². The third-order valence-corrected chi connectivity index (χ3v) is 3.06. The second-order valence-electron chi connectivity index (χ2n) is 4.61. The first-order valence-electron chi connectivity index (χ1n) is 6.40. The fourth-order valence-electron chi connectivity index (χ4n) is 1.99. The number of nitrogens with one attached hydrogen (secondary N) is 2. The Morgan fingerprint density at radius 3 is 2.95 bits per heavy atom. The van der Waals surface area contributed by atoms with Gasteiger partial charge >= 0.3 is 0 Å². The fraction of sp³-hybridized carbons (Fsp3) is 0.0714. The van der Waals surface area contributed by atoms with Crippen LogP contribution in [0.2, 0.25) is 0 Å².